The second kappa shape index (κ2) is 5.95. The van der Waals surface area contributed by atoms with Gasteiger partial charge in [-0.1, -0.05) is 30.3 Å². The van der Waals surface area contributed by atoms with Gasteiger partial charge in [-0.3, -0.25) is 0 Å². The van der Waals surface area contributed by atoms with Crippen LogP contribution in [0.4, 0.5) is 4.39 Å². The largest absolute Gasteiger partial charge is 0.372 e. The molecule has 0 bridgehead atoms. The van der Waals surface area contributed by atoms with Gasteiger partial charge in [0.1, 0.15) is 5.82 Å². The molecule has 0 spiro atoms. The quantitative estimate of drug-likeness (QED) is 0.821. The molecule has 0 amide bonds. The Bertz CT molecular complexity index is 557. The average molecular weight is 241 g/mol. The van der Waals surface area contributed by atoms with E-state index in [9.17, 15) is 4.39 Å². The SMILES string of the molecule is N#Cc1ccc(COCc2ccccc2F)cc1. The first-order valence-electron chi connectivity index (χ1n) is 5.60. The van der Waals surface area contributed by atoms with E-state index in [-0.39, 0.29) is 12.4 Å². The Kier molecular flexibility index (Phi) is 4.06. The zero-order valence-electron chi connectivity index (χ0n) is 9.77. The minimum absolute atomic E-state index is 0.243. The van der Waals surface area contributed by atoms with E-state index in [2.05, 4.69) is 6.07 Å². The number of ether oxygens (including phenoxy) is 1. The van der Waals surface area contributed by atoms with Gasteiger partial charge < -0.3 is 4.74 Å². The fourth-order valence-electron chi connectivity index (χ4n) is 1.57. The molecule has 2 nitrogen and oxygen atoms in total. The number of nitriles is 1. The predicted molar refractivity (Wildman–Crippen MR) is 66.1 cm³/mol. The maximum atomic E-state index is 13.3. The van der Waals surface area contributed by atoms with Crippen molar-refractivity contribution in [2.24, 2.45) is 0 Å². The van der Waals surface area contributed by atoms with Crippen molar-refractivity contribution in [1.29, 1.82) is 5.26 Å². The Balaban J connectivity index is 1.89. The number of hydrogen-bond acceptors (Lipinski definition) is 2. The van der Waals surface area contributed by atoms with Gasteiger partial charge in [0.05, 0.1) is 24.8 Å². The smallest absolute Gasteiger partial charge is 0.128 e. The lowest BCUT2D eigenvalue weighted by molar-refractivity contribution is 0.105. The molecular weight excluding hydrogens is 229 g/mol. The zero-order valence-corrected chi connectivity index (χ0v) is 9.77. The fraction of sp³-hybridized carbons (Fsp3) is 0.133. The van der Waals surface area contributed by atoms with E-state index in [1.807, 2.05) is 12.1 Å². The van der Waals surface area contributed by atoms with Crippen LogP contribution >= 0.6 is 0 Å². The summed E-state index contributed by atoms with van der Waals surface area (Å²) in [7, 11) is 0. The number of rotatable bonds is 4. The third-order valence-corrected chi connectivity index (χ3v) is 2.57. The van der Waals surface area contributed by atoms with Crippen LogP contribution in [0.5, 0.6) is 0 Å². The van der Waals surface area contributed by atoms with Gasteiger partial charge in [0, 0.05) is 5.56 Å². The van der Waals surface area contributed by atoms with Crippen molar-refractivity contribution in [3.8, 4) is 6.07 Å². The monoisotopic (exact) mass is 241 g/mol. The lowest BCUT2D eigenvalue weighted by atomic mass is 10.1. The first-order chi connectivity index (χ1) is 8.79. The van der Waals surface area contributed by atoms with E-state index < -0.39 is 0 Å². The molecular formula is C15H12FNO. The van der Waals surface area contributed by atoms with Crippen molar-refractivity contribution >= 4 is 0 Å². The molecule has 0 aromatic heterocycles. The molecule has 0 aliphatic heterocycles. The third kappa shape index (κ3) is 3.16. The highest BCUT2D eigenvalue weighted by atomic mass is 19.1. The molecule has 90 valence electrons. The molecule has 0 radical (unpaired) electrons. The summed E-state index contributed by atoms with van der Waals surface area (Å²) in [5, 5.41) is 8.66. The summed E-state index contributed by atoms with van der Waals surface area (Å²) in [4.78, 5) is 0. The van der Waals surface area contributed by atoms with Gasteiger partial charge in [0.2, 0.25) is 0 Å². The van der Waals surface area contributed by atoms with E-state index in [4.69, 9.17) is 10.00 Å². The Hall–Kier alpha value is -2.18. The van der Waals surface area contributed by atoms with E-state index in [0.29, 0.717) is 17.7 Å². The van der Waals surface area contributed by atoms with Gasteiger partial charge in [-0.15, -0.1) is 0 Å². The van der Waals surface area contributed by atoms with Crippen LogP contribution in [-0.4, -0.2) is 0 Å². The van der Waals surface area contributed by atoms with Gasteiger partial charge in [-0.2, -0.15) is 5.26 Å². The normalized spacial score (nSPS) is 10.0. The van der Waals surface area contributed by atoms with Crippen LogP contribution in [0.2, 0.25) is 0 Å². The molecule has 0 N–H and O–H groups in total. The molecule has 18 heavy (non-hydrogen) atoms. The number of halogens is 1. The molecule has 3 heteroatoms. The Labute approximate surface area is 105 Å². The molecule has 0 saturated heterocycles. The van der Waals surface area contributed by atoms with Crippen LogP contribution in [-0.2, 0) is 18.0 Å². The van der Waals surface area contributed by atoms with Crippen molar-refractivity contribution in [1.82, 2.24) is 0 Å². The molecule has 0 aliphatic rings. The topological polar surface area (TPSA) is 33.0 Å². The first kappa shape index (κ1) is 12.3. The molecule has 0 atom stereocenters. The van der Waals surface area contributed by atoms with Crippen molar-refractivity contribution < 1.29 is 9.13 Å². The Morgan fingerprint density at radius 3 is 2.39 bits per heavy atom. The van der Waals surface area contributed by atoms with Crippen LogP contribution < -0.4 is 0 Å². The zero-order chi connectivity index (χ0) is 12.8. The summed E-state index contributed by atoms with van der Waals surface area (Å²) < 4.78 is 18.7. The van der Waals surface area contributed by atoms with Crippen molar-refractivity contribution in [2.75, 3.05) is 0 Å². The summed E-state index contributed by atoms with van der Waals surface area (Å²) in [5.41, 5.74) is 2.13. The summed E-state index contributed by atoms with van der Waals surface area (Å²) >= 11 is 0. The standard InChI is InChI=1S/C15H12FNO/c16-15-4-2-1-3-14(15)11-18-10-13-7-5-12(9-17)6-8-13/h1-8H,10-11H2. The molecule has 0 heterocycles. The van der Waals surface area contributed by atoms with Crippen molar-refractivity contribution in [2.45, 2.75) is 13.2 Å². The van der Waals surface area contributed by atoms with Gasteiger partial charge in [-0.25, -0.2) is 4.39 Å². The van der Waals surface area contributed by atoms with Crippen LogP contribution in [0.25, 0.3) is 0 Å². The molecule has 0 aliphatic carbocycles. The highest BCUT2D eigenvalue weighted by molar-refractivity contribution is 5.31. The number of benzene rings is 2. The highest BCUT2D eigenvalue weighted by Gasteiger charge is 2.00. The number of hydrogen-bond donors (Lipinski definition) is 0. The van der Waals surface area contributed by atoms with E-state index in [0.717, 1.165) is 5.56 Å². The molecule has 2 aromatic rings. The van der Waals surface area contributed by atoms with Crippen LogP contribution in [0, 0.1) is 17.1 Å². The average Bonchev–Trinajstić information content (AvgIpc) is 2.42. The maximum absolute atomic E-state index is 13.3. The first-order valence-corrected chi connectivity index (χ1v) is 5.60. The highest BCUT2D eigenvalue weighted by Crippen LogP contribution is 2.10. The molecule has 0 unspecified atom stereocenters. The summed E-state index contributed by atoms with van der Waals surface area (Å²) in [6.45, 7) is 0.646. The van der Waals surface area contributed by atoms with Gasteiger partial charge in [0.15, 0.2) is 0 Å². The Morgan fingerprint density at radius 1 is 1.00 bits per heavy atom. The van der Waals surface area contributed by atoms with Crippen LogP contribution in [0.1, 0.15) is 16.7 Å². The molecule has 2 rings (SSSR count). The third-order valence-electron chi connectivity index (χ3n) is 2.57. The van der Waals surface area contributed by atoms with Crippen molar-refractivity contribution in [3.05, 3.63) is 71.0 Å². The predicted octanol–water partition coefficient (Wildman–Crippen LogP) is 3.41. The fourth-order valence-corrected chi connectivity index (χ4v) is 1.57. The summed E-state index contributed by atoms with van der Waals surface area (Å²) in [5.74, 6) is -0.252. The van der Waals surface area contributed by atoms with Gasteiger partial charge in [-0.05, 0) is 23.8 Å². The van der Waals surface area contributed by atoms with Crippen LogP contribution in [0.3, 0.4) is 0 Å². The maximum Gasteiger partial charge on any atom is 0.128 e. The van der Waals surface area contributed by atoms with E-state index >= 15 is 0 Å². The summed E-state index contributed by atoms with van der Waals surface area (Å²) in [6.07, 6.45) is 0. The second-order valence-corrected chi connectivity index (χ2v) is 3.89. The van der Waals surface area contributed by atoms with Gasteiger partial charge >= 0.3 is 0 Å². The molecule has 0 fully saturated rings. The summed E-state index contributed by atoms with van der Waals surface area (Å²) in [6, 6.07) is 15.7. The second-order valence-electron chi connectivity index (χ2n) is 3.89. The lowest BCUT2D eigenvalue weighted by Crippen LogP contribution is -1.96. The lowest BCUT2D eigenvalue weighted by Gasteiger charge is -2.05. The number of nitrogens with zero attached hydrogens (tertiary/aromatic N) is 1. The Morgan fingerprint density at radius 2 is 1.72 bits per heavy atom. The minimum Gasteiger partial charge on any atom is -0.372 e. The minimum atomic E-state index is -0.252. The van der Waals surface area contributed by atoms with E-state index in [1.165, 1.54) is 6.07 Å². The van der Waals surface area contributed by atoms with Crippen molar-refractivity contribution in [3.63, 3.8) is 0 Å². The molecule has 0 saturated carbocycles. The van der Waals surface area contributed by atoms with Crippen LogP contribution in [0.15, 0.2) is 48.5 Å². The van der Waals surface area contributed by atoms with Gasteiger partial charge in [0.25, 0.3) is 0 Å². The molecule has 2 aromatic carbocycles. The van der Waals surface area contributed by atoms with E-state index in [1.54, 1.807) is 30.3 Å².